The first-order valence-electron chi connectivity index (χ1n) is 5.75. The van der Waals surface area contributed by atoms with E-state index in [2.05, 4.69) is 18.7 Å². The quantitative estimate of drug-likeness (QED) is 0.771. The zero-order valence-electron chi connectivity index (χ0n) is 10.6. The summed E-state index contributed by atoms with van der Waals surface area (Å²) in [6, 6.07) is 5.06. The molecule has 0 spiro atoms. The highest BCUT2D eigenvalue weighted by molar-refractivity contribution is 5.94. The number of hydrogen-bond acceptors (Lipinski definition) is 3. The van der Waals surface area contributed by atoms with Crippen LogP contribution in [-0.2, 0) is 0 Å². The number of nitrogens with zero attached hydrogens (tertiary/aromatic N) is 1. The van der Waals surface area contributed by atoms with Gasteiger partial charge in [-0.1, -0.05) is 13.8 Å². The van der Waals surface area contributed by atoms with Crippen LogP contribution in [0.15, 0.2) is 18.2 Å². The van der Waals surface area contributed by atoms with E-state index in [9.17, 15) is 4.79 Å². The van der Waals surface area contributed by atoms with Crippen LogP contribution < -0.4 is 10.6 Å². The topological polar surface area (TPSA) is 66.6 Å². The van der Waals surface area contributed by atoms with Crippen molar-refractivity contribution in [2.75, 3.05) is 24.2 Å². The van der Waals surface area contributed by atoms with Gasteiger partial charge in [-0.25, -0.2) is 4.79 Å². The van der Waals surface area contributed by atoms with Crippen molar-refractivity contribution in [3.8, 4) is 0 Å². The predicted octanol–water partition coefficient (Wildman–Crippen LogP) is 2.45. The van der Waals surface area contributed by atoms with Crippen molar-refractivity contribution in [1.29, 1.82) is 0 Å². The van der Waals surface area contributed by atoms with Crippen LogP contribution in [0.4, 0.5) is 11.4 Å². The van der Waals surface area contributed by atoms with E-state index in [0.717, 1.165) is 18.7 Å². The fourth-order valence-electron chi connectivity index (χ4n) is 1.56. The summed E-state index contributed by atoms with van der Waals surface area (Å²) in [5.41, 5.74) is 7.13. The molecule has 0 atom stereocenters. The van der Waals surface area contributed by atoms with Gasteiger partial charge in [0.1, 0.15) is 0 Å². The molecule has 0 saturated heterocycles. The summed E-state index contributed by atoms with van der Waals surface area (Å²) in [5, 5.41) is 8.88. The van der Waals surface area contributed by atoms with Crippen molar-refractivity contribution < 1.29 is 9.90 Å². The van der Waals surface area contributed by atoms with E-state index in [1.807, 2.05) is 7.05 Å². The fraction of sp³-hybridized carbons (Fsp3) is 0.462. The Balaban J connectivity index is 2.79. The van der Waals surface area contributed by atoms with Gasteiger partial charge in [-0.05, 0) is 30.5 Å². The molecule has 0 amide bonds. The van der Waals surface area contributed by atoms with E-state index >= 15 is 0 Å². The highest BCUT2D eigenvalue weighted by Crippen LogP contribution is 2.21. The molecular formula is C13H20N2O2. The molecule has 0 bridgehead atoms. The largest absolute Gasteiger partial charge is 0.478 e. The third-order valence-corrected chi connectivity index (χ3v) is 2.75. The minimum Gasteiger partial charge on any atom is -0.478 e. The first-order valence-corrected chi connectivity index (χ1v) is 5.75. The molecule has 94 valence electrons. The second kappa shape index (κ2) is 5.57. The molecule has 0 unspecified atom stereocenters. The Morgan fingerprint density at radius 3 is 2.59 bits per heavy atom. The molecule has 4 heteroatoms. The Kier molecular flexibility index (Phi) is 4.37. The van der Waals surface area contributed by atoms with Crippen LogP contribution in [0.25, 0.3) is 0 Å². The number of carboxylic acids is 1. The Bertz CT molecular complexity index is 402. The lowest BCUT2D eigenvalue weighted by Crippen LogP contribution is -2.20. The van der Waals surface area contributed by atoms with Gasteiger partial charge < -0.3 is 15.7 Å². The Labute approximate surface area is 102 Å². The molecule has 4 nitrogen and oxygen atoms in total. The third-order valence-electron chi connectivity index (χ3n) is 2.75. The maximum Gasteiger partial charge on any atom is 0.337 e. The summed E-state index contributed by atoms with van der Waals surface area (Å²) >= 11 is 0. The molecule has 0 aliphatic carbocycles. The van der Waals surface area contributed by atoms with Crippen molar-refractivity contribution >= 4 is 17.3 Å². The van der Waals surface area contributed by atoms with E-state index in [4.69, 9.17) is 10.8 Å². The average molecular weight is 236 g/mol. The molecule has 0 fully saturated rings. The number of carboxylic acid groups (broad SMARTS) is 1. The summed E-state index contributed by atoms with van der Waals surface area (Å²) in [5.74, 6) is -0.341. The van der Waals surface area contributed by atoms with Crippen LogP contribution in [0.1, 0.15) is 30.6 Å². The maximum atomic E-state index is 10.8. The summed E-state index contributed by atoms with van der Waals surface area (Å²) in [6.07, 6.45) is 1.09. The number of benzene rings is 1. The number of rotatable bonds is 5. The number of aromatic carboxylic acids is 1. The Hall–Kier alpha value is -1.71. The summed E-state index contributed by atoms with van der Waals surface area (Å²) in [6.45, 7) is 5.29. The molecule has 3 N–H and O–H groups in total. The van der Waals surface area contributed by atoms with Gasteiger partial charge in [0.15, 0.2) is 0 Å². The zero-order valence-corrected chi connectivity index (χ0v) is 10.6. The predicted molar refractivity (Wildman–Crippen MR) is 70.5 cm³/mol. The van der Waals surface area contributed by atoms with Crippen molar-refractivity contribution in [1.82, 2.24) is 0 Å². The molecule has 0 aliphatic heterocycles. The zero-order chi connectivity index (χ0) is 13.0. The van der Waals surface area contributed by atoms with Crippen LogP contribution in [0.3, 0.4) is 0 Å². The molecule has 1 aromatic carbocycles. The monoisotopic (exact) mass is 236 g/mol. The van der Waals surface area contributed by atoms with Gasteiger partial charge in [-0.3, -0.25) is 0 Å². The molecular weight excluding hydrogens is 216 g/mol. The number of nitrogens with two attached hydrogens (primary N) is 1. The van der Waals surface area contributed by atoms with E-state index in [1.54, 1.807) is 18.2 Å². The second-order valence-electron chi connectivity index (χ2n) is 4.68. The summed E-state index contributed by atoms with van der Waals surface area (Å²) in [7, 11) is 1.98. The second-order valence-corrected chi connectivity index (χ2v) is 4.68. The first kappa shape index (κ1) is 13.4. The minimum atomic E-state index is -0.987. The average Bonchev–Trinajstić information content (AvgIpc) is 2.25. The van der Waals surface area contributed by atoms with Crippen LogP contribution in [0.2, 0.25) is 0 Å². The van der Waals surface area contributed by atoms with Crippen LogP contribution in [-0.4, -0.2) is 24.7 Å². The van der Waals surface area contributed by atoms with E-state index in [-0.39, 0.29) is 5.56 Å². The van der Waals surface area contributed by atoms with Gasteiger partial charge in [0.05, 0.1) is 5.56 Å². The highest BCUT2D eigenvalue weighted by atomic mass is 16.4. The molecule has 0 aromatic heterocycles. The van der Waals surface area contributed by atoms with Crippen LogP contribution >= 0.6 is 0 Å². The highest BCUT2D eigenvalue weighted by Gasteiger charge is 2.10. The molecule has 0 aliphatic rings. The van der Waals surface area contributed by atoms with Crippen molar-refractivity contribution in [2.24, 2.45) is 5.92 Å². The minimum absolute atomic E-state index is 0.158. The van der Waals surface area contributed by atoms with Crippen molar-refractivity contribution in [2.45, 2.75) is 20.3 Å². The lowest BCUT2D eigenvalue weighted by molar-refractivity contribution is 0.0698. The van der Waals surface area contributed by atoms with Crippen molar-refractivity contribution in [3.05, 3.63) is 23.8 Å². The molecule has 1 aromatic rings. The molecule has 17 heavy (non-hydrogen) atoms. The van der Waals surface area contributed by atoms with Crippen LogP contribution in [0, 0.1) is 5.92 Å². The van der Waals surface area contributed by atoms with E-state index < -0.39 is 5.97 Å². The lowest BCUT2D eigenvalue weighted by Gasteiger charge is -2.21. The van der Waals surface area contributed by atoms with Gasteiger partial charge in [0.25, 0.3) is 0 Å². The SMILES string of the molecule is CC(C)CCN(C)c1ccc(C(=O)O)c(N)c1. The Morgan fingerprint density at radius 2 is 2.12 bits per heavy atom. The summed E-state index contributed by atoms with van der Waals surface area (Å²) in [4.78, 5) is 12.9. The smallest absolute Gasteiger partial charge is 0.337 e. The summed E-state index contributed by atoms with van der Waals surface area (Å²) < 4.78 is 0. The van der Waals surface area contributed by atoms with Crippen molar-refractivity contribution in [3.63, 3.8) is 0 Å². The number of anilines is 2. The standard InChI is InChI=1S/C13H20N2O2/c1-9(2)6-7-15(3)10-4-5-11(13(16)17)12(14)8-10/h4-5,8-9H,6-7,14H2,1-3H3,(H,16,17). The van der Waals surface area contributed by atoms with Gasteiger partial charge >= 0.3 is 5.97 Å². The lowest BCUT2D eigenvalue weighted by atomic mass is 10.1. The van der Waals surface area contributed by atoms with Gasteiger partial charge in [0.2, 0.25) is 0 Å². The third kappa shape index (κ3) is 3.66. The molecule has 0 radical (unpaired) electrons. The molecule has 1 rings (SSSR count). The fourth-order valence-corrected chi connectivity index (χ4v) is 1.56. The Morgan fingerprint density at radius 1 is 1.47 bits per heavy atom. The molecule has 0 saturated carbocycles. The molecule has 0 heterocycles. The normalized spacial score (nSPS) is 10.6. The number of hydrogen-bond donors (Lipinski definition) is 2. The first-order chi connectivity index (χ1) is 7.91. The van der Waals surface area contributed by atoms with Crippen LogP contribution in [0.5, 0.6) is 0 Å². The number of carbonyl (C=O) groups is 1. The van der Waals surface area contributed by atoms with Gasteiger partial charge in [0, 0.05) is 25.0 Å². The van der Waals surface area contributed by atoms with E-state index in [1.165, 1.54) is 0 Å². The maximum absolute atomic E-state index is 10.8. The van der Waals surface area contributed by atoms with Gasteiger partial charge in [-0.15, -0.1) is 0 Å². The number of nitrogen functional groups attached to an aromatic ring is 1. The van der Waals surface area contributed by atoms with Gasteiger partial charge in [-0.2, -0.15) is 0 Å². The van der Waals surface area contributed by atoms with E-state index in [0.29, 0.717) is 11.6 Å².